The van der Waals surface area contributed by atoms with Crippen LogP contribution in [0.5, 0.6) is 0 Å². The second-order valence-corrected chi connectivity index (χ2v) is 5.78. The quantitative estimate of drug-likeness (QED) is 0.867. The lowest BCUT2D eigenvalue weighted by Crippen LogP contribution is -2.13. The van der Waals surface area contributed by atoms with Gasteiger partial charge in [0.25, 0.3) is 0 Å². The van der Waals surface area contributed by atoms with Crippen molar-refractivity contribution in [2.45, 2.75) is 12.8 Å². The molecule has 0 aliphatic rings. The molecule has 106 valence electrons. The largest absolute Gasteiger partial charge is 0.396 e. The van der Waals surface area contributed by atoms with Crippen LogP contribution >= 0.6 is 15.9 Å². The van der Waals surface area contributed by atoms with Gasteiger partial charge in [-0.15, -0.1) is 0 Å². The van der Waals surface area contributed by atoms with Gasteiger partial charge in [-0.2, -0.15) is 0 Å². The third kappa shape index (κ3) is 4.39. The van der Waals surface area contributed by atoms with Crippen molar-refractivity contribution in [1.82, 2.24) is 0 Å². The first-order valence-corrected chi connectivity index (χ1v) is 7.16. The summed E-state index contributed by atoms with van der Waals surface area (Å²) in [5.41, 5.74) is 1.66. The molecular weight excluding hydrogens is 326 g/mol. The molecule has 0 aromatic heterocycles. The zero-order valence-corrected chi connectivity index (χ0v) is 12.4. The number of aliphatic hydroxyl groups is 1. The van der Waals surface area contributed by atoms with Gasteiger partial charge in [-0.1, -0.05) is 28.1 Å². The molecule has 1 atom stereocenters. The average molecular weight is 341 g/mol. The molecule has 2 aromatic rings. The molecule has 0 aliphatic carbocycles. The van der Waals surface area contributed by atoms with Gasteiger partial charge in [0.2, 0.25) is 0 Å². The van der Waals surface area contributed by atoms with Crippen LogP contribution in [0, 0.1) is 17.6 Å². The van der Waals surface area contributed by atoms with Crippen LogP contribution in [0.2, 0.25) is 0 Å². The van der Waals surface area contributed by atoms with E-state index in [1.807, 2.05) is 24.3 Å². The lowest BCUT2D eigenvalue weighted by Gasteiger charge is -2.14. The lowest BCUT2D eigenvalue weighted by molar-refractivity contribution is 0.225. The van der Waals surface area contributed by atoms with Crippen molar-refractivity contribution in [3.05, 3.63) is 69.7 Å². The van der Waals surface area contributed by atoms with E-state index >= 15 is 0 Å². The van der Waals surface area contributed by atoms with Crippen molar-refractivity contribution in [1.29, 1.82) is 0 Å². The summed E-state index contributed by atoms with van der Waals surface area (Å²) in [6, 6.07) is 11.3. The van der Waals surface area contributed by atoms with Crippen LogP contribution in [-0.4, -0.2) is 11.7 Å². The maximum atomic E-state index is 13.1. The molecule has 0 saturated carbocycles. The van der Waals surface area contributed by atoms with Crippen LogP contribution in [-0.2, 0) is 12.8 Å². The zero-order chi connectivity index (χ0) is 14.5. The Balaban J connectivity index is 2.06. The highest BCUT2D eigenvalue weighted by atomic mass is 79.9. The molecule has 20 heavy (non-hydrogen) atoms. The first-order valence-electron chi connectivity index (χ1n) is 6.37. The summed E-state index contributed by atoms with van der Waals surface area (Å²) in [5.74, 6) is -1.22. The molecule has 0 heterocycles. The highest BCUT2D eigenvalue weighted by molar-refractivity contribution is 9.10. The molecule has 0 saturated heterocycles. The van der Waals surface area contributed by atoms with Gasteiger partial charge in [0.15, 0.2) is 0 Å². The molecular formula is C16H15BrF2O. The third-order valence-electron chi connectivity index (χ3n) is 3.14. The molecule has 1 nitrogen and oxygen atoms in total. The molecule has 2 rings (SSSR count). The van der Waals surface area contributed by atoms with E-state index in [0.717, 1.165) is 16.1 Å². The minimum atomic E-state index is -0.583. The second-order valence-electron chi connectivity index (χ2n) is 4.86. The Hall–Kier alpha value is -1.26. The number of benzene rings is 2. The Morgan fingerprint density at radius 1 is 0.900 bits per heavy atom. The first-order chi connectivity index (χ1) is 9.56. The van der Waals surface area contributed by atoms with Gasteiger partial charge < -0.3 is 5.11 Å². The predicted octanol–water partition coefficient (Wildman–Crippen LogP) is 4.12. The normalized spacial score (nSPS) is 12.4. The Labute approximate surface area is 125 Å². The predicted molar refractivity (Wildman–Crippen MR) is 78.5 cm³/mol. The van der Waals surface area contributed by atoms with Crippen LogP contribution in [0.4, 0.5) is 8.78 Å². The van der Waals surface area contributed by atoms with E-state index in [4.69, 9.17) is 0 Å². The van der Waals surface area contributed by atoms with Crippen molar-refractivity contribution in [2.75, 3.05) is 6.61 Å². The van der Waals surface area contributed by atoms with Crippen molar-refractivity contribution < 1.29 is 13.9 Å². The summed E-state index contributed by atoms with van der Waals surface area (Å²) in [4.78, 5) is 0. The Morgan fingerprint density at radius 3 is 2.00 bits per heavy atom. The third-order valence-corrected chi connectivity index (χ3v) is 3.67. The molecule has 4 heteroatoms. The number of rotatable bonds is 5. The highest BCUT2D eigenvalue weighted by Crippen LogP contribution is 2.18. The van der Waals surface area contributed by atoms with E-state index in [0.29, 0.717) is 18.4 Å². The number of aliphatic hydroxyl groups excluding tert-OH is 1. The Morgan fingerprint density at radius 2 is 1.45 bits per heavy atom. The highest BCUT2D eigenvalue weighted by Gasteiger charge is 2.11. The van der Waals surface area contributed by atoms with Crippen molar-refractivity contribution >= 4 is 15.9 Å². The minimum Gasteiger partial charge on any atom is -0.396 e. The van der Waals surface area contributed by atoms with Gasteiger partial charge in [-0.3, -0.25) is 0 Å². The minimum absolute atomic E-state index is 0.0196. The second kappa shape index (κ2) is 6.95. The molecule has 2 aromatic carbocycles. The van der Waals surface area contributed by atoms with Crippen LogP contribution in [0.1, 0.15) is 11.1 Å². The van der Waals surface area contributed by atoms with Crippen molar-refractivity contribution in [3.8, 4) is 0 Å². The fourth-order valence-electron chi connectivity index (χ4n) is 2.22. The summed E-state index contributed by atoms with van der Waals surface area (Å²) < 4.78 is 27.3. The Bertz CT molecular complexity index is 549. The van der Waals surface area contributed by atoms with Crippen LogP contribution in [0.25, 0.3) is 0 Å². The van der Waals surface area contributed by atoms with E-state index < -0.39 is 11.6 Å². The van der Waals surface area contributed by atoms with Crippen LogP contribution < -0.4 is 0 Å². The summed E-state index contributed by atoms with van der Waals surface area (Å²) in [7, 11) is 0. The number of hydrogen-bond acceptors (Lipinski definition) is 1. The number of hydrogen-bond donors (Lipinski definition) is 1. The molecule has 0 fully saturated rings. The smallest absolute Gasteiger partial charge is 0.126 e. The molecule has 0 amide bonds. The average Bonchev–Trinajstić information content (AvgIpc) is 2.39. The lowest BCUT2D eigenvalue weighted by atomic mass is 9.93. The van der Waals surface area contributed by atoms with Crippen LogP contribution in [0.15, 0.2) is 46.9 Å². The summed E-state index contributed by atoms with van der Waals surface area (Å²) in [5, 5.41) is 9.45. The van der Waals surface area contributed by atoms with Gasteiger partial charge >= 0.3 is 0 Å². The van der Waals surface area contributed by atoms with Gasteiger partial charge in [0, 0.05) is 17.1 Å². The summed E-state index contributed by atoms with van der Waals surface area (Å²) in [6.07, 6.45) is 1.11. The van der Waals surface area contributed by atoms with Gasteiger partial charge in [0.1, 0.15) is 11.6 Å². The van der Waals surface area contributed by atoms with Gasteiger partial charge in [-0.05, 0) is 54.2 Å². The topological polar surface area (TPSA) is 20.2 Å². The number of halogens is 3. The van der Waals surface area contributed by atoms with E-state index in [9.17, 15) is 13.9 Å². The molecule has 0 bridgehead atoms. The maximum Gasteiger partial charge on any atom is 0.126 e. The Kier molecular flexibility index (Phi) is 5.26. The van der Waals surface area contributed by atoms with E-state index in [1.54, 1.807) is 0 Å². The maximum absolute atomic E-state index is 13.1. The van der Waals surface area contributed by atoms with E-state index in [1.165, 1.54) is 12.1 Å². The fourth-order valence-corrected chi connectivity index (χ4v) is 2.48. The standard InChI is InChI=1S/C16H15BrF2O/c17-14-3-1-11(2-4-14)5-13(10-20)6-12-7-15(18)9-16(19)8-12/h1-4,7-9,13,20H,5-6,10H2. The van der Waals surface area contributed by atoms with Gasteiger partial charge in [0.05, 0.1) is 0 Å². The molecule has 0 spiro atoms. The van der Waals surface area contributed by atoms with Crippen molar-refractivity contribution in [2.24, 2.45) is 5.92 Å². The van der Waals surface area contributed by atoms with Crippen molar-refractivity contribution in [3.63, 3.8) is 0 Å². The summed E-state index contributed by atoms with van der Waals surface area (Å²) >= 11 is 3.37. The van der Waals surface area contributed by atoms with E-state index in [-0.39, 0.29) is 12.5 Å². The summed E-state index contributed by atoms with van der Waals surface area (Å²) in [6.45, 7) is -0.0196. The van der Waals surface area contributed by atoms with E-state index in [2.05, 4.69) is 15.9 Å². The first kappa shape index (κ1) is 15.1. The molecule has 0 radical (unpaired) electrons. The monoisotopic (exact) mass is 340 g/mol. The molecule has 0 aliphatic heterocycles. The van der Waals surface area contributed by atoms with Crippen LogP contribution in [0.3, 0.4) is 0 Å². The van der Waals surface area contributed by atoms with Gasteiger partial charge in [-0.25, -0.2) is 8.78 Å². The SMILES string of the molecule is OCC(Cc1ccc(Br)cc1)Cc1cc(F)cc(F)c1. The molecule has 1 unspecified atom stereocenters. The zero-order valence-electron chi connectivity index (χ0n) is 10.8. The molecule has 1 N–H and O–H groups in total. The fraction of sp³-hybridized carbons (Fsp3) is 0.250.